The van der Waals surface area contributed by atoms with Crippen LogP contribution in [0.4, 0.5) is 0 Å². The molecule has 0 atom stereocenters. The SMILES string of the molecule is Cc1cc(C)cc(-n2ccnc2S(=O)(=O)Cc2ncnn2C)c1. The molecule has 2 aromatic heterocycles. The van der Waals surface area contributed by atoms with E-state index in [-0.39, 0.29) is 10.9 Å². The molecule has 23 heavy (non-hydrogen) atoms. The average Bonchev–Trinajstić information content (AvgIpc) is 3.07. The quantitative estimate of drug-likeness (QED) is 0.725. The van der Waals surface area contributed by atoms with Gasteiger partial charge in [-0.2, -0.15) is 5.10 Å². The Morgan fingerprint density at radius 2 is 1.78 bits per heavy atom. The Bertz CT molecular complexity index is 936. The molecule has 0 fully saturated rings. The summed E-state index contributed by atoms with van der Waals surface area (Å²) in [5.41, 5.74) is 2.90. The molecule has 0 spiro atoms. The summed E-state index contributed by atoms with van der Waals surface area (Å²) in [6.45, 7) is 3.95. The number of aryl methyl sites for hydroxylation is 3. The molecular weight excluding hydrogens is 314 g/mol. The molecule has 0 saturated heterocycles. The third-order valence-electron chi connectivity index (χ3n) is 3.49. The fourth-order valence-corrected chi connectivity index (χ4v) is 3.91. The summed E-state index contributed by atoms with van der Waals surface area (Å²) in [4.78, 5) is 8.03. The standard InChI is InChI=1S/C15H17N5O2S/c1-11-6-12(2)8-13(7-11)20-5-4-16-15(20)23(21,22)9-14-17-10-18-19(14)3/h4-8,10H,9H2,1-3H3. The van der Waals surface area contributed by atoms with E-state index >= 15 is 0 Å². The lowest BCUT2D eigenvalue weighted by Gasteiger charge is -2.10. The summed E-state index contributed by atoms with van der Waals surface area (Å²) in [7, 11) is -1.98. The lowest BCUT2D eigenvalue weighted by Crippen LogP contribution is -2.14. The van der Waals surface area contributed by atoms with Crippen molar-refractivity contribution in [2.24, 2.45) is 7.05 Å². The van der Waals surface area contributed by atoms with Gasteiger partial charge in [-0.1, -0.05) is 6.07 Å². The third kappa shape index (κ3) is 3.02. The van der Waals surface area contributed by atoms with Gasteiger partial charge < -0.3 is 0 Å². The van der Waals surface area contributed by atoms with E-state index in [1.807, 2.05) is 32.0 Å². The number of benzene rings is 1. The van der Waals surface area contributed by atoms with Crippen LogP contribution in [0.3, 0.4) is 0 Å². The molecule has 120 valence electrons. The van der Waals surface area contributed by atoms with Gasteiger partial charge in [-0.3, -0.25) is 9.25 Å². The van der Waals surface area contributed by atoms with Crippen LogP contribution in [-0.4, -0.2) is 32.7 Å². The van der Waals surface area contributed by atoms with E-state index in [1.54, 1.807) is 17.8 Å². The molecule has 0 amide bonds. The van der Waals surface area contributed by atoms with Crippen molar-refractivity contribution in [1.82, 2.24) is 24.3 Å². The molecule has 0 unspecified atom stereocenters. The molecule has 8 heteroatoms. The van der Waals surface area contributed by atoms with E-state index in [0.717, 1.165) is 16.8 Å². The van der Waals surface area contributed by atoms with Crippen molar-refractivity contribution in [3.63, 3.8) is 0 Å². The zero-order valence-electron chi connectivity index (χ0n) is 13.1. The lowest BCUT2D eigenvalue weighted by molar-refractivity contribution is 0.579. The molecule has 7 nitrogen and oxygen atoms in total. The second-order valence-electron chi connectivity index (χ2n) is 5.48. The topological polar surface area (TPSA) is 82.7 Å². The van der Waals surface area contributed by atoms with Crippen LogP contribution in [0.5, 0.6) is 0 Å². The van der Waals surface area contributed by atoms with Crippen molar-refractivity contribution in [2.75, 3.05) is 0 Å². The molecule has 3 aromatic rings. The molecule has 0 bridgehead atoms. The first-order valence-corrected chi connectivity index (χ1v) is 8.70. The van der Waals surface area contributed by atoms with Crippen LogP contribution >= 0.6 is 0 Å². The summed E-state index contributed by atoms with van der Waals surface area (Å²) < 4.78 is 28.5. The second kappa shape index (κ2) is 5.62. The summed E-state index contributed by atoms with van der Waals surface area (Å²) >= 11 is 0. The highest BCUT2D eigenvalue weighted by molar-refractivity contribution is 7.90. The minimum atomic E-state index is -3.64. The Labute approximate surface area is 134 Å². The molecule has 0 radical (unpaired) electrons. The van der Waals surface area contributed by atoms with Gasteiger partial charge in [0.05, 0.1) is 0 Å². The van der Waals surface area contributed by atoms with Gasteiger partial charge in [0.1, 0.15) is 17.9 Å². The maximum atomic E-state index is 12.7. The fraction of sp³-hybridized carbons (Fsp3) is 0.267. The Hall–Kier alpha value is -2.48. The number of aromatic nitrogens is 5. The van der Waals surface area contributed by atoms with Crippen molar-refractivity contribution in [3.8, 4) is 5.69 Å². The van der Waals surface area contributed by atoms with Gasteiger partial charge in [0.2, 0.25) is 15.0 Å². The highest BCUT2D eigenvalue weighted by atomic mass is 32.2. The van der Waals surface area contributed by atoms with Crippen molar-refractivity contribution in [2.45, 2.75) is 24.8 Å². The molecule has 0 aliphatic carbocycles. The Kier molecular flexibility index (Phi) is 3.77. The Morgan fingerprint density at radius 1 is 1.09 bits per heavy atom. The Morgan fingerprint density at radius 3 is 2.39 bits per heavy atom. The zero-order chi connectivity index (χ0) is 16.6. The molecule has 0 saturated carbocycles. The van der Waals surface area contributed by atoms with Crippen LogP contribution in [0.25, 0.3) is 5.69 Å². The van der Waals surface area contributed by atoms with E-state index in [1.165, 1.54) is 17.2 Å². The fourth-order valence-electron chi connectivity index (χ4n) is 2.49. The van der Waals surface area contributed by atoms with E-state index in [0.29, 0.717) is 5.82 Å². The van der Waals surface area contributed by atoms with Crippen LogP contribution in [-0.2, 0) is 22.6 Å². The van der Waals surface area contributed by atoms with Crippen LogP contribution in [0, 0.1) is 13.8 Å². The van der Waals surface area contributed by atoms with Gasteiger partial charge in [-0.05, 0) is 37.1 Å². The number of nitrogens with zero attached hydrogens (tertiary/aromatic N) is 5. The van der Waals surface area contributed by atoms with Crippen molar-refractivity contribution in [3.05, 3.63) is 53.9 Å². The van der Waals surface area contributed by atoms with Gasteiger partial charge in [0, 0.05) is 25.1 Å². The number of hydrogen-bond donors (Lipinski definition) is 0. The van der Waals surface area contributed by atoms with E-state index in [2.05, 4.69) is 15.1 Å². The molecule has 2 heterocycles. The highest BCUT2D eigenvalue weighted by Gasteiger charge is 2.24. The number of imidazole rings is 1. The van der Waals surface area contributed by atoms with Gasteiger partial charge in [-0.25, -0.2) is 18.4 Å². The summed E-state index contributed by atoms with van der Waals surface area (Å²) in [5.74, 6) is 0.130. The van der Waals surface area contributed by atoms with Crippen molar-refractivity contribution < 1.29 is 8.42 Å². The van der Waals surface area contributed by atoms with Crippen LogP contribution in [0.15, 0.2) is 42.1 Å². The van der Waals surface area contributed by atoms with E-state index < -0.39 is 9.84 Å². The first-order valence-electron chi connectivity index (χ1n) is 7.04. The number of hydrogen-bond acceptors (Lipinski definition) is 5. The smallest absolute Gasteiger partial charge is 0.232 e. The monoisotopic (exact) mass is 331 g/mol. The van der Waals surface area contributed by atoms with Crippen LogP contribution < -0.4 is 0 Å². The van der Waals surface area contributed by atoms with E-state index in [4.69, 9.17) is 0 Å². The molecule has 0 aliphatic rings. The zero-order valence-corrected chi connectivity index (χ0v) is 13.9. The predicted octanol–water partition coefficient (Wildman–Crippen LogP) is 1.59. The molecule has 3 rings (SSSR count). The maximum absolute atomic E-state index is 12.7. The molecule has 0 aliphatic heterocycles. The average molecular weight is 331 g/mol. The van der Waals surface area contributed by atoms with Gasteiger partial charge >= 0.3 is 0 Å². The summed E-state index contributed by atoms with van der Waals surface area (Å²) in [6, 6.07) is 5.89. The highest BCUT2D eigenvalue weighted by Crippen LogP contribution is 2.20. The minimum absolute atomic E-state index is 0.00509. The molecule has 0 N–H and O–H groups in total. The van der Waals surface area contributed by atoms with E-state index in [9.17, 15) is 8.42 Å². The third-order valence-corrected chi connectivity index (χ3v) is 4.99. The lowest BCUT2D eigenvalue weighted by atomic mass is 10.1. The number of sulfone groups is 1. The van der Waals surface area contributed by atoms with Crippen molar-refractivity contribution in [1.29, 1.82) is 0 Å². The summed E-state index contributed by atoms with van der Waals surface area (Å²) in [6.07, 6.45) is 4.47. The summed E-state index contributed by atoms with van der Waals surface area (Å²) in [5, 5.41) is 3.90. The van der Waals surface area contributed by atoms with Crippen LogP contribution in [0.2, 0.25) is 0 Å². The largest absolute Gasteiger partial charge is 0.291 e. The maximum Gasteiger partial charge on any atom is 0.232 e. The number of rotatable bonds is 4. The normalized spacial score (nSPS) is 11.8. The first kappa shape index (κ1) is 15.4. The molecule has 1 aromatic carbocycles. The van der Waals surface area contributed by atoms with Crippen molar-refractivity contribution >= 4 is 9.84 Å². The van der Waals surface area contributed by atoms with Gasteiger partial charge in [0.15, 0.2) is 0 Å². The predicted molar refractivity (Wildman–Crippen MR) is 84.9 cm³/mol. The minimum Gasteiger partial charge on any atom is -0.291 e. The van der Waals surface area contributed by atoms with Crippen LogP contribution in [0.1, 0.15) is 17.0 Å². The Balaban J connectivity index is 2.05. The first-order chi connectivity index (χ1) is 10.9. The van der Waals surface area contributed by atoms with Gasteiger partial charge in [0.25, 0.3) is 0 Å². The van der Waals surface area contributed by atoms with Gasteiger partial charge in [-0.15, -0.1) is 0 Å². The second-order valence-corrected chi connectivity index (χ2v) is 7.37. The molecular formula is C15H17N5O2S.